The summed E-state index contributed by atoms with van der Waals surface area (Å²) >= 11 is 0.998. The number of aromatic nitrogens is 2. The van der Waals surface area contributed by atoms with Gasteiger partial charge in [-0.1, -0.05) is 63.2 Å². The number of benzene rings is 1. The lowest BCUT2D eigenvalue weighted by atomic mass is 9.89. The van der Waals surface area contributed by atoms with Crippen molar-refractivity contribution in [3.05, 3.63) is 95.1 Å². The highest BCUT2D eigenvalue weighted by Crippen LogP contribution is 2.37. The Balaban J connectivity index is 1.26. The van der Waals surface area contributed by atoms with Crippen LogP contribution >= 0.6 is 11.9 Å². The number of nitrogens with one attached hydrogen (secondary N) is 2. The molecule has 5 rings (SSSR count). The molecule has 296 valence electrons. The summed E-state index contributed by atoms with van der Waals surface area (Å²) in [5, 5.41) is 4.14. The fourth-order valence-electron chi connectivity index (χ4n) is 6.85. The molecule has 3 amide bonds. The van der Waals surface area contributed by atoms with Gasteiger partial charge < -0.3 is 24.6 Å². The second-order valence-corrected chi connectivity index (χ2v) is 17.8. The molecule has 1 saturated heterocycles. The van der Waals surface area contributed by atoms with Crippen molar-refractivity contribution in [1.82, 2.24) is 24.5 Å². The lowest BCUT2D eigenvalue weighted by Crippen LogP contribution is -2.45. The minimum Gasteiger partial charge on any atom is -0.445 e. The molecule has 0 saturated carbocycles. The first-order valence-electron chi connectivity index (χ1n) is 18.9. The quantitative estimate of drug-likeness (QED) is 0.112. The van der Waals surface area contributed by atoms with E-state index in [0.29, 0.717) is 42.6 Å². The Morgan fingerprint density at radius 2 is 1.73 bits per heavy atom. The van der Waals surface area contributed by atoms with Crippen LogP contribution in [0.4, 0.5) is 19.8 Å². The molecule has 11 nitrogen and oxygen atoms in total. The molecule has 1 unspecified atom stereocenters. The Morgan fingerprint density at radius 3 is 2.38 bits per heavy atom. The van der Waals surface area contributed by atoms with E-state index in [1.165, 1.54) is 6.07 Å². The molecule has 1 aromatic carbocycles. The van der Waals surface area contributed by atoms with E-state index in [-0.39, 0.29) is 47.3 Å². The smallest absolute Gasteiger partial charge is 0.410 e. The van der Waals surface area contributed by atoms with Crippen molar-refractivity contribution in [3.8, 4) is 0 Å². The monoisotopic (exact) mass is 774 g/mol. The van der Waals surface area contributed by atoms with Crippen LogP contribution in [0.25, 0.3) is 0 Å². The van der Waals surface area contributed by atoms with Gasteiger partial charge in [-0.05, 0) is 102 Å². The molecule has 0 radical (unpaired) electrons. The second-order valence-electron chi connectivity index (χ2n) is 16.9. The third-order valence-corrected chi connectivity index (χ3v) is 10.5. The highest BCUT2D eigenvalue weighted by molar-refractivity contribution is 7.97. The van der Waals surface area contributed by atoms with Crippen molar-refractivity contribution in [3.63, 3.8) is 0 Å². The number of hydrogen-bond acceptors (Lipinski definition) is 9. The lowest BCUT2D eigenvalue weighted by Gasteiger charge is -2.33. The SMILES string of the molecule is CC(C)(C)OC(=O)N1C[C@@H](CCC(Nc2cccc(SNC(=O)c3ccc(C(C)(C)C)nc3F)n2)C2=CCN(C(=O)OCc3ccccc3)CC2)CC1(C)C. The van der Waals surface area contributed by atoms with Crippen molar-refractivity contribution in [2.45, 2.75) is 115 Å². The molecule has 2 aliphatic heterocycles. The maximum atomic E-state index is 14.8. The largest absolute Gasteiger partial charge is 0.445 e. The van der Waals surface area contributed by atoms with E-state index >= 15 is 0 Å². The number of carbonyl (C=O) groups excluding carboxylic acids is 3. The number of nitrogens with zero attached hydrogens (tertiary/aromatic N) is 4. The van der Waals surface area contributed by atoms with E-state index in [0.717, 1.165) is 42.3 Å². The Morgan fingerprint density at radius 1 is 0.982 bits per heavy atom. The number of ether oxygens (including phenoxy) is 2. The summed E-state index contributed by atoms with van der Waals surface area (Å²) in [6, 6.07) is 18.1. The van der Waals surface area contributed by atoms with Crippen molar-refractivity contribution < 1.29 is 28.2 Å². The summed E-state index contributed by atoms with van der Waals surface area (Å²) in [4.78, 5) is 51.3. The molecular formula is C42H55FN6O5S. The third-order valence-electron chi connectivity index (χ3n) is 9.75. The van der Waals surface area contributed by atoms with Crippen LogP contribution in [0.3, 0.4) is 0 Å². The van der Waals surface area contributed by atoms with Gasteiger partial charge in [0.25, 0.3) is 5.91 Å². The normalized spacial score (nSPS) is 17.6. The molecule has 13 heteroatoms. The summed E-state index contributed by atoms with van der Waals surface area (Å²) in [5.74, 6) is -0.551. The second kappa shape index (κ2) is 17.4. The van der Waals surface area contributed by atoms with Crippen LogP contribution < -0.4 is 10.0 Å². The highest BCUT2D eigenvalue weighted by Gasteiger charge is 2.43. The first-order valence-corrected chi connectivity index (χ1v) is 19.7. The number of amides is 3. The van der Waals surface area contributed by atoms with E-state index in [4.69, 9.17) is 14.5 Å². The zero-order valence-corrected chi connectivity index (χ0v) is 34.1. The lowest BCUT2D eigenvalue weighted by molar-refractivity contribution is 0.0130. The molecule has 0 bridgehead atoms. The fourth-order valence-corrected chi connectivity index (χ4v) is 7.45. The van der Waals surface area contributed by atoms with Gasteiger partial charge in [-0.2, -0.15) is 4.39 Å². The van der Waals surface area contributed by atoms with Gasteiger partial charge in [0.2, 0.25) is 5.95 Å². The van der Waals surface area contributed by atoms with Gasteiger partial charge in [-0.15, -0.1) is 0 Å². The summed E-state index contributed by atoms with van der Waals surface area (Å²) in [6.07, 6.45) is 4.54. The van der Waals surface area contributed by atoms with Gasteiger partial charge in [0.1, 0.15) is 23.1 Å². The first kappa shape index (κ1) is 41.5. The predicted molar refractivity (Wildman–Crippen MR) is 213 cm³/mol. The molecular weight excluding hydrogens is 720 g/mol. The van der Waals surface area contributed by atoms with Crippen molar-refractivity contribution in [1.29, 1.82) is 0 Å². The van der Waals surface area contributed by atoms with Crippen LogP contribution in [0.2, 0.25) is 0 Å². The summed E-state index contributed by atoms with van der Waals surface area (Å²) < 4.78 is 28.8. The fraction of sp³-hybridized carbons (Fsp3) is 0.500. The van der Waals surface area contributed by atoms with Crippen molar-refractivity contribution in [2.24, 2.45) is 5.92 Å². The Labute approximate surface area is 329 Å². The average molecular weight is 775 g/mol. The number of halogens is 1. The molecule has 0 aliphatic carbocycles. The molecule has 55 heavy (non-hydrogen) atoms. The molecule has 4 heterocycles. The van der Waals surface area contributed by atoms with Crippen LogP contribution in [0.5, 0.6) is 0 Å². The van der Waals surface area contributed by atoms with E-state index in [2.05, 4.69) is 34.9 Å². The zero-order chi connectivity index (χ0) is 40.0. The van der Waals surface area contributed by atoms with E-state index in [9.17, 15) is 18.8 Å². The summed E-state index contributed by atoms with van der Waals surface area (Å²) in [6.45, 7) is 17.3. The van der Waals surface area contributed by atoms with Crippen LogP contribution in [0.15, 0.2) is 77.3 Å². The molecule has 1 fully saturated rings. The molecule has 2 aromatic heterocycles. The van der Waals surface area contributed by atoms with Gasteiger partial charge in [0, 0.05) is 54.3 Å². The minimum atomic E-state index is -0.819. The minimum absolute atomic E-state index is 0.106. The van der Waals surface area contributed by atoms with Crippen LogP contribution in [0.1, 0.15) is 103 Å². The number of carbonyl (C=O) groups is 3. The molecule has 3 aromatic rings. The Bertz CT molecular complexity index is 1860. The standard InChI is InChI=1S/C42H55FN6O5S/c1-40(2,3)33-20-18-31(36(43)45-33)37(50)47-55-35-16-12-15-34(46-35)44-32(19-17-29-25-42(7,8)49(26-29)39(52)54-41(4,5)6)30-21-23-48(24-22-30)38(51)53-27-28-13-10-9-11-14-28/h9-16,18,20-21,29,32H,17,19,22-27H2,1-8H3,(H,44,46)(H,47,50)/t29-,32?/m0/s1. The highest BCUT2D eigenvalue weighted by atomic mass is 32.2. The Kier molecular flexibility index (Phi) is 13.2. The number of anilines is 1. The summed E-state index contributed by atoms with van der Waals surface area (Å²) in [7, 11) is 0. The van der Waals surface area contributed by atoms with Gasteiger partial charge in [0.05, 0.1) is 5.56 Å². The van der Waals surface area contributed by atoms with Gasteiger partial charge in [-0.3, -0.25) is 9.52 Å². The predicted octanol–water partition coefficient (Wildman–Crippen LogP) is 8.92. The van der Waals surface area contributed by atoms with E-state index in [1.807, 2.05) is 88.9 Å². The van der Waals surface area contributed by atoms with Gasteiger partial charge >= 0.3 is 12.2 Å². The number of rotatable bonds is 11. The van der Waals surface area contributed by atoms with E-state index < -0.39 is 17.5 Å². The first-order chi connectivity index (χ1) is 25.9. The summed E-state index contributed by atoms with van der Waals surface area (Å²) in [5.41, 5.74) is 1.23. The number of pyridine rings is 2. The molecule has 2 N–H and O–H groups in total. The average Bonchev–Trinajstić information content (AvgIpc) is 3.44. The van der Waals surface area contributed by atoms with Crippen LogP contribution in [0, 0.1) is 11.9 Å². The van der Waals surface area contributed by atoms with Crippen molar-refractivity contribution in [2.75, 3.05) is 25.0 Å². The third kappa shape index (κ3) is 11.7. The topological polar surface area (TPSA) is 126 Å². The number of hydrogen-bond donors (Lipinski definition) is 2. The number of likely N-dealkylation sites (tertiary alicyclic amines) is 1. The van der Waals surface area contributed by atoms with E-state index in [1.54, 1.807) is 17.0 Å². The van der Waals surface area contributed by atoms with Gasteiger partial charge in [-0.25, -0.2) is 19.6 Å². The maximum Gasteiger partial charge on any atom is 0.410 e. The maximum absolute atomic E-state index is 14.8. The molecule has 2 aliphatic rings. The van der Waals surface area contributed by atoms with Crippen molar-refractivity contribution >= 4 is 35.9 Å². The molecule has 0 spiro atoms. The Hall–Kier alpha value is -4.65. The zero-order valence-electron chi connectivity index (χ0n) is 33.3. The van der Waals surface area contributed by atoms with Crippen LogP contribution in [-0.4, -0.2) is 74.7 Å². The van der Waals surface area contributed by atoms with Gasteiger partial charge in [0.15, 0.2) is 0 Å². The van der Waals surface area contributed by atoms with Crippen LogP contribution in [-0.2, 0) is 21.5 Å². The molecule has 2 atom stereocenters.